The van der Waals surface area contributed by atoms with Crippen molar-refractivity contribution in [3.8, 4) is 5.75 Å². The van der Waals surface area contributed by atoms with Gasteiger partial charge in [0.15, 0.2) is 17.5 Å². The standard InChI is InChI=1S/C7H6N2O/c1-5-9-7-6(10-5)3-2-4-8-7/h2-4H,1H2,(H,8,9). The summed E-state index contributed by atoms with van der Waals surface area (Å²) >= 11 is 0. The number of rotatable bonds is 0. The topological polar surface area (TPSA) is 34.2 Å². The van der Waals surface area contributed by atoms with Gasteiger partial charge < -0.3 is 10.1 Å². The maximum absolute atomic E-state index is 5.14. The van der Waals surface area contributed by atoms with Gasteiger partial charge >= 0.3 is 0 Å². The Balaban J connectivity index is 2.51. The van der Waals surface area contributed by atoms with Gasteiger partial charge in [-0.25, -0.2) is 4.98 Å². The number of hydrogen-bond acceptors (Lipinski definition) is 3. The summed E-state index contributed by atoms with van der Waals surface area (Å²) in [7, 11) is 0. The van der Waals surface area contributed by atoms with E-state index in [1.54, 1.807) is 6.20 Å². The van der Waals surface area contributed by atoms with Gasteiger partial charge in [-0.2, -0.15) is 0 Å². The average molecular weight is 134 g/mol. The van der Waals surface area contributed by atoms with E-state index in [0.717, 1.165) is 11.6 Å². The van der Waals surface area contributed by atoms with E-state index in [4.69, 9.17) is 4.74 Å². The fourth-order valence-electron chi connectivity index (χ4n) is 0.857. The first kappa shape index (κ1) is 5.29. The molecule has 0 amide bonds. The third-order valence-electron chi connectivity index (χ3n) is 1.26. The second-order valence-corrected chi connectivity index (χ2v) is 2.00. The van der Waals surface area contributed by atoms with Gasteiger partial charge in [0.25, 0.3) is 0 Å². The van der Waals surface area contributed by atoms with Crippen molar-refractivity contribution in [3.05, 3.63) is 30.8 Å². The second-order valence-electron chi connectivity index (χ2n) is 2.00. The lowest BCUT2D eigenvalue weighted by molar-refractivity contribution is 0.459. The molecule has 1 aliphatic heterocycles. The van der Waals surface area contributed by atoms with Crippen LogP contribution in [-0.4, -0.2) is 4.98 Å². The largest absolute Gasteiger partial charge is 0.438 e. The summed E-state index contributed by atoms with van der Waals surface area (Å²) in [5, 5.41) is 2.87. The lowest BCUT2D eigenvalue weighted by Crippen LogP contribution is -1.93. The summed E-state index contributed by atoms with van der Waals surface area (Å²) < 4.78 is 5.14. The number of nitrogens with zero attached hydrogens (tertiary/aromatic N) is 1. The summed E-state index contributed by atoms with van der Waals surface area (Å²) in [5.41, 5.74) is 0. The van der Waals surface area contributed by atoms with Crippen LogP contribution in [0.25, 0.3) is 0 Å². The highest BCUT2D eigenvalue weighted by Crippen LogP contribution is 2.29. The predicted molar refractivity (Wildman–Crippen MR) is 37.6 cm³/mol. The molecule has 0 saturated heterocycles. The van der Waals surface area contributed by atoms with Gasteiger partial charge in [-0.1, -0.05) is 0 Å². The highest BCUT2D eigenvalue weighted by atomic mass is 16.5. The molecule has 1 aliphatic rings. The Kier molecular flexibility index (Phi) is 0.917. The summed E-state index contributed by atoms with van der Waals surface area (Å²) in [6.45, 7) is 3.60. The van der Waals surface area contributed by atoms with Crippen molar-refractivity contribution < 1.29 is 4.74 Å². The van der Waals surface area contributed by atoms with Crippen LogP contribution in [0.3, 0.4) is 0 Å². The Morgan fingerprint density at radius 1 is 1.60 bits per heavy atom. The molecule has 50 valence electrons. The Hall–Kier alpha value is -1.51. The smallest absolute Gasteiger partial charge is 0.192 e. The Labute approximate surface area is 58.3 Å². The first-order chi connectivity index (χ1) is 4.86. The van der Waals surface area contributed by atoms with Gasteiger partial charge in [0.2, 0.25) is 0 Å². The fraction of sp³-hybridized carbons (Fsp3) is 0. The van der Waals surface area contributed by atoms with E-state index in [0.29, 0.717) is 5.88 Å². The lowest BCUT2D eigenvalue weighted by Gasteiger charge is -1.90. The monoisotopic (exact) mass is 134 g/mol. The van der Waals surface area contributed by atoms with E-state index < -0.39 is 0 Å². The van der Waals surface area contributed by atoms with Crippen molar-refractivity contribution in [2.75, 3.05) is 5.32 Å². The SMILES string of the molecule is C=C1Nc2ncccc2O1. The Morgan fingerprint density at radius 3 is 3.30 bits per heavy atom. The molecule has 3 nitrogen and oxygen atoms in total. The number of aromatic nitrogens is 1. The molecule has 1 aromatic heterocycles. The lowest BCUT2D eigenvalue weighted by atomic mass is 10.4. The van der Waals surface area contributed by atoms with Crippen molar-refractivity contribution in [2.24, 2.45) is 0 Å². The third-order valence-corrected chi connectivity index (χ3v) is 1.26. The third kappa shape index (κ3) is 0.639. The minimum absolute atomic E-state index is 0.536. The summed E-state index contributed by atoms with van der Waals surface area (Å²) in [4.78, 5) is 4.01. The number of fused-ring (bicyclic) bond motifs is 1. The van der Waals surface area contributed by atoms with Gasteiger partial charge in [0.1, 0.15) is 0 Å². The first-order valence-electron chi connectivity index (χ1n) is 2.95. The molecule has 0 spiro atoms. The first-order valence-corrected chi connectivity index (χ1v) is 2.95. The van der Waals surface area contributed by atoms with E-state index in [2.05, 4.69) is 16.9 Å². The van der Waals surface area contributed by atoms with Crippen LogP contribution in [0.5, 0.6) is 5.75 Å². The van der Waals surface area contributed by atoms with Crippen LogP contribution < -0.4 is 10.1 Å². The Morgan fingerprint density at radius 2 is 2.50 bits per heavy atom. The van der Waals surface area contributed by atoms with Crippen LogP contribution in [0.2, 0.25) is 0 Å². The average Bonchev–Trinajstić information content (AvgIpc) is 2.27. The van der Waals surface area contributed by atoms with Crippen molar-refractivity contribution in [1.82, 2.24) is 4.98 Å². The zero-order chi connectivity index (χ0) is 6.97. The maximum atomic E-state index is 5.14. The van der Waals surface area contributed by atoms with Crippen LogP contribution in [0, 0.1) is 0 Å². The molecule has 0 atom stereocenters. The number of anilines is 1. The molecule has 0 radical (unpaired) electrons. The molecule has 0 fully saturated rings. The van der Waals surface area contributed by atoms with E-state index in [9.17, 15) is 0 Å². The molecular weight excluding hydrogens is 128 g/mol. The zero-order valence-corrected chi connectivity index (χ0v) is 5.29. The molecule has 2 heterocycles. The molecule has 3 heteroatoms. The van der Waals surface area contributed by atoms with Crippen molar-refractivity contribution in [1.29, 1.82) is 0 Å². The van der Waals surface area contributed by atoms with E-state index in [1.165, 1.54) is 0 Å². The van der Waals surface area contributed by atoms with Crippen molar-refractivity contribution in [3.63, 3.8) is 0 Å². The molecule has 0 aromatic carbocycles. The number of nitrogens with one attached hydrogen (secondary N) is 1. The van der Waals surface area contributed by atoms with E-state index in [-0.39, 0.29) is 0 Å². The molecule has 10 heavy (non-hydrogen) atoms. The van der Waals surface area contributed by atoms with Crippen LogP contribution in [0.4, 0.5) is 5.82 Å². The second kappa shape index (κ2) is 1.73. The minimum atomic E-state index is 0.536. The molecule has 0 bridgehead atoms. The van der Waals surface area contributed by atoms with Crippen molar-refractivity contribution in [2.45, 2.75) is 0 Å². The highest BCUT2D eigenvalue weighted by Gasteiger charge is 2.13. The zero-order valence-electron chi connectivity index (χ0n) is 5.29. The highest BCUT2D eigenvalue weighted by molar-refractivity contribution is 5.57. The van der Waals surface area contributed by atoms with Crippen LogP contribution in [0.15, 0.2) is 30.8 Å². The normalized spacial score (nSPS) is 13.8. The quantitative estimate of drug-likeness (QED) is 0.581. The fourth-order valence-corrected chi connectivity index (χ4v) is 0.857. The molecule has 1 N–H and O–H groups in total. The van der Waals surface area contributed by atoms with Gasteiger partial charge in [-0.15, -0.1) is 0 Å². The van der Waals surface area contributed by atoms with E-state index in [1.807, 2.05) is 12.1 Å². The summed E-state index contributed by atoms with van der Waals surface area (Å²) in [5.74, 6) is 2.02. The van der Waals surface area contributed by atoms with Crippen LogP contribution in [0.1, 0.15) is 0 Å². The maximum Gasteiger partial charge on any atom is 0.192 e. The van der Waals surface area contributed by atoms with Gasteiger partial charge in [-0.3, -0.25) is 0 Å². The summed E-state index contributed by atoms with van der Waals surface area (Å²) in [6.07, 6.45) is 1.70. The van der Waals surface area contributed by atoms with Gasteiger partial charge in [-0.05, 0) is 18.7 Å². The molecule has 2 rings (SSSR count). The molecule has 0 aliphatic carbocycles. The van der Waals surface area contributed by atoms with Crippen molar-refractivity contribution >= 4 is 5.82 Å². The van der Waals surface area contributed by atoms with Gasteiger partial charge in [0, 0.05) is 6.20 Å². The predicted octanol–water partition coefficient (Wildman–Crippen LogP) is 1.36. The van der Waals surface area contributed by atoms with Gasteiger partial charge in [0.05, 0.1) is 0 Å². The Bertz CT molecular complexity index is 256. The number of hydrogen-bond donors (Lipinski definition) is 1. The van der Waals surface area contributed by atoms with Crippen LogP contribution >= 0.6 is 0 Å². The molecule has 1 aromatic rings. The number of ether oxygens (including phenoxy) is 1. The molecular formula is C7H6N2O. The summed E-state index contributed by atoms with van der Waals surface area (Å²) in [6, 6.07) is 3.66. The minimum Gasteiger partial charge on any atom is -0.438 e. The molecule has 0 unspecified atom stereocenters. The molecule has 0 saturated carbocycles. The van der Waals surface area contributed by atoms with Crippen LogP contribution in [-0.2, 0) is 0 Å². The van der Waals surface area contributed by atoms with E-state index >= 15 is 0 Å². The number of pyridine rings is 1.